The molecule has 1 amide bonds. The fraction of sp³-hybridized carbons (Fsp3) is 0.400. The van der Waals surface area contributed by atoms with Crippen molar-refractivity contribution in [1.29, 1.82) is 0 Å². The molecule has 26 heavy (non-hydrogen) atoms. The number of aryl methyl sites for hydroxylation is 1. The topological polar surface area (TPSA) is 65.4 Å². The van der Waals surface area contributed by atoms with Crippen molar-refractivity contribution in [3.8, 4) is 11.5 Å². The van der Waals surface area contributed by atoms with Crippen molar-refractivity contribution in [2.45, 2.75) is 33.2 Å². The maximum Gasteiger partial charge on any atom is 0.256 e. The van der Waals surface area contributed by atoms with E-state index in [1.165, 1.54) is 12.8 Å². The number of hydrogen-bond donors (Lipinski definition) is 1. The number of rotatable bonds is 6. The lowest BCUT2D eigenvalue weighted by Crippen LogP contribution is -2.23. The lowest BCUT2D eigenvalue weighted by Gasteiger charge is -2.20. The zero-order valence-electron chi connectivity index (χ0n) is 15.1. The molecule has 1 N–H and O–H groups in total. The van der Waals surface area contributed by atoms with Gasteiger partial charge in [-0.1, -0.05) is 12.1 Å². The second-order valence-electron chi connectivity index (χ2n) is 6.82. The first kappa shape index (κ1) is 16.7. The highest BCUT2D eigenvalue weighted by Gasteiger charge is 2.25. The van der Waals surface area contributed by atoms with Crippen molar-refractivity contribution in [1.82, 2.24) is 9.78 Å². The van der Waals surface area contributed by atoms with Crippen molar-refractivity contribution in [3.63, 3.8) is 0 Å². The molecule has 6 nitrogen and oxygen atoms in total. The molecule has 0 radical (unpaired) electrons. The smallest absolute Gasteiger partial charge is 0.256 e. The fourth-order valence-electron chi connectivity index (χ4n) is 3.09. The van der Waals surface area contributed by atoms with E-state index in [0.717, 1.165) is 23.5 Å². The molecule has 2 heterocycles. The number of carbonyl (C=O) groups is 1. The third-order valence-corrected chi connectivity index (χ3v) is 4.68. The minimum Gasteiger partial charge on any atom is -0.490 e. The Labute approximate surface area is 152 Å². The minimum absolute atomic E-state index is 0.155. The van der Waals surface area contributed by atoms with Gasteiger partial charge in [-0.3, -0.25) is 4.79 Å². The van der Waals surface area contributed by atoms with Gasteiger partial charge in [-0.25, -0.2) is 4.68 Å². The van der Waals surface area contributed by atoms with Crippen molar-refractivity contribution in [2.24, 2.45) is 5.92 Å². The molecule has 4 rings (SSSR count). The molecular weight excluding hydrogens is 330 g/mol. The first-order valence-electron chi connectivity index (χ1n) is 9.08. The van der Waals surface area contributed by atoms with Crippen LogP contribution in [0.5, 0.6) is 11.5 Å². The molecule has 0 atom stereocenters. The predicted molar refractivity (Wildman–Crippen MR) is 99.4 cm³/mol. The van der Waals surface area contributed by atoms with Gasteiger partial charge in [0.1, 0.15) is 12.4 Å². The molecule has 1 aliphatic carbocycles. The second kappa shape index (κ2) is 6.86. The van der Waals surface area contributed by atoms with Crippen molar-refractivity contribution in [3.05, 3.63) is 41.1 Å². The highest BCUT2D eigenvalue weighted by Crippen LogP contribution is 2.36. The number of nitrogens with one attached hydrogen (secondary N) is 1. The zero-order chi connectivity index (χ0) is 18.1. The number of fused-ring (bicyclic) bond motifs is 1. The summed E-state index contributed by atoms with van der Waals surface area (Å²) in [5.74, 6) is 2.71. The van der Waals surface area contributed by atoms with Crippen LogP contribution in [0.2, 0.25) is 0 Å². The quantitative estimate of drug-likeness (QED) is 0.864. The summed E-state index contributed by atoms with van der Waals surface area (Å²) in [5.41, 5.74) is 2.41. The summed E-state index contributed by atoms with van der Waals surface area (Å²) in [4.78, 5) is 12.8. The number of benzene rings is 1. The molecule has 1 fully saturated rings. The molecule has 0 bridgehead atoms. The van der Waals surface area contributed by atoms with Gasteiger partial charge in [-0.2, -0.15) is 5.10 Å². The number of para-hydroxylation sites is 1. The monoisotopic (exact) mass is 353 g/mol. The highest BCUT2D eigenvalue weighted by atomic mass is 16.5. The molecule has 1 aliphatic heterocycles. The van der Waals surface area contributed by atoms with E-state index in [1.807, 2.05) is 42.8 Å². The first-order chi connectivity index (χ1) is 12.7. The summed E-state index contributed by atoms with van der Waals surface area (Å²) in [6.45, 7) is 5.55. The van der Waals surface area contributed by atoms with E-state index in [9.17, 15) is 4.79 Å². The van der Waals surface area contributed by atoms with E-state index in [4.69, 9.17) is 9.47 Å². The Morgan fingerprint density at radius 2 is 2.27 bits per heavy atom. The van der Waals surface area contributed by atoms with Crippen LogP contribution in [0, 0.1) is 12.8 Å². The van der Waals surface area contributed by atoms with Crippen LogP contribution in [-0.4, -0.2) is 28.9 Å². The largest absolute Gasteiger partial charge is 0.490 e. The fourth-order valence-corrected chi connectivity index (χ4v) is 3.09. The second-order valence-corrected chi connectivity index (χ2v) is 6.82. The number of amides is 1. The first-order valence-corrected chi connectivity index (χ1v) is 9.08. The van der Waals surface area contributed by atoms with Crippen LogP contribution in [0.1, 0.15) is 30.9 Å². The van der Waals surface area contributed by atoms with Crippen LogP contribution in [0.15, 0.2) is 30.0 Å². The average molecular weight is 353 g/mol. The van der Waals surface area contributed by atoms with Gasteiger partial charge in [0, 0.05) is 17.7 Å². The number of carbonyl (C=O) groups excluding carboxylic acids is 1. The third kappa shape index (κ3) is 3.31. The van der Waals surface area contributed by atoms with Gasteiger partial charge in [0.15, 0.2) is 11.5 Å². The van der Waals surface area contributed by atoms with Gasteiger partial charge in [0.2, 0.25) is 0 Å². The molecule has 0 unspecified atom stereocenters. The predicted octanol–water partition coefficient (Wildman–Crippen LogP) is 3.41. The molecule has 0 saturated heterocycles. The van der Waals surface area contributed by atoms with Crippen molar-refractivity contribution in [2.75, 3.05) is 18.5 Å². The van der Waals surface area contributed by atoms with E-state index < -0.39 is 0 Å². The van der Waals surface area contributed by atoms with Crippen LogP contribution < -0.4 is 14.8 Å². The summed E-state index contributed by atoms with van der Waals surface area (Å²) in [6, 6.07) is 5.70. The number of aromatic nitrogens is 2. The Bertz CT molecular complexity index is 865. The molecule has 1 aromatic heterocycles. The Kier molecular flexibility index (Phi) is 4.41. The van der Waals surface area contributed by atoms with Crippen LogP contribution in [-0.2, 0) is 11.3 Å². The average Bonchev–Trinajstić information content (AvgIpc) is 3.40. The number of nitrogens with zero attached hydrogens (tertiary/aromatic N) is 2. The molecule has 0 spiro atoms. The van der Waals surface area contributed by atoms with E-state index in [0.29, 0.717) is 29.6 Å². The molecule has 136 valence electrons. The van der Waals surface area contributed by atoms with E-state index in [1.54, 1.807) is 6.20 Å². The van der Waals surface area contributed by atoms with Gasteiger partial charge in [0.05, 0.1) is 18.4 Å². The minimum atomic E-state index is -0.155. The molecule has 2 aliphatic rings. The van der Waals surface area contributed by atoms with Gasteiger partial charge < -0.3 is 14.8 Å². The van der Waals surface area contributed by atoms with Crippen LogP contribution in [0.25, 0.3) is 6.08 Å². The lowest BCUT2D eigenvalue weighted by molar-refractivity contribution is -0.113. The Morgan fingerprint density at radius 1 is 1.42 bits per heavy atom. The Balaban J connectivity index is 1.54. The lowest BCUT2D eigenvalue weighted by atomic mass is 10.1. The number of anilines is 1. The summed E-state index contributed by atoms with van der Waals surface area (Å²) in [7, 11) is 0. The molecule has 2 aromatic rings. The third-order valence-electron chi connectivity index (χ3n) is 4.68. The van der Waals surface area contributed by atoms with Crippen LogP contribution >= 0.6 is 0 Å². The molecule has 1 saturated carbocycles. The summed E-state index contributed by atoms with van der Waals surface area (Å²) < 4.78 is 13.3. The van der Waals surface area contributed by atoms with Crippen molar-refractivity contribution < 1.29 is 14.3 Å². The number of hydrogen-bond acceptors (Lipinski definition) is 4. The Hall–Kier alpha value is -2.76. The highest BCUT2D eigenvalue weighted by molar-refractivity contribution is 6.07. The van der Waals surface area contributed by atoms with Gasteiger partial charge in [-0.15, -0.1) is 0 Å². The van der Waals surface area contributed by atoms with Crippen LogP contribution in [0.4, 0.5) is 5.82 Å². The van der Waals surface area contributed by atoms with Gasteiger partial charge in [-0.05, 0) is 44.7 Å². The van der Waals surface area contributed by atoms with Gasteiger partial charge in [0.25, 0.3) is 5.91 Å². The van der Waals surface area contributed by atoms with E-state index in [-0.39, 0.29) is 12.5 Å². The molecule has 6 heteroatoms. The van der Waals surface area contributed by atoms with E-state index >= 15 is 0 Å². The molecule has 1 aromatic carbocycles. The maximum absolute atomic E-state index is 12.8. The maximum atomic E-state index is 12.8. The SMILES string of the molecule is CCOc1cccc2c1OCC(C(=O)Nc1c(C)cnn1CC1CC1)=C2. The molecular formula is C20H23N3O3. The van der Waals surface area contributed by atoms with E-state index in [2.05, 4.69) is 10.4 Å². The Morgan fingerprint density at radius 3 is 3.04 bits per heavy atom. The standard InChI is InChI=1S/C20H23N3O3/c1-3-25-17-6-4-5-15-9-16(12-26-18(15)17)20(24)22-19-13(2)10-21-23(19)11-14-7-8-14/h4-6,9-10,14H,3,7-8,11-12H2,1-2H3,(H,22,24). The number of ether oxygens (including phenoxy) is 2. The normalized spacial score (nSPS) is 15.7. The zero-order valence-corrected chi connectivity index (χ0v) is 15.1. The summed E-state index contributed by atoms with van der Waals surface area (Å²) in [6.07, 6.45) is 6.15. The van der Waals surface area contributed by atoms with Gasteiger partial charge >= 0.3 is 0 Å². The summed E-state index contributed by atoms with van der Waals surface area (Å²) in [5, 5.41) is 7.41. The van der Waals surface area contributed by atoms with Crippen LogP contribution in [0.3, 0.4) is 0 Å². The van der Waals surface area contributed by atoms with Crippen molar-refractivity contribution >= 4 is 17.8 Å². The summed E-state index contributed by atoms with van der Waals surface area (Å²) >= 11 is 0.